The van der Waals surface area contributed by atoms with E-state index >= 15 is 0 Å². The molecule has 1 aromatic heterocycles. The molecule has 7 heteroatoms. The highest BCUT2D eigenvalue weighted by Crippen LogP contribution is 2.26. The van der Waals surface area contributed by atoms with E-state index < -0.39 is 28.3 Å². The number of alkyl halides is 3. The minimum absolute atomic E-state index is 0.513. The van der Waals surface area contributed by atoms with Gasteiger partial charge in [-0.25, -0.2) is 4.79 Å². The topological polar surface area (TPSA) is 64.2 Å². The summed E-state index contributed by atoms with van der Waals surface area (Å²) in [6, 6.07) is 2.17. The summed E-state index contributed by atoms with van der Waals surface area (Å²) in [5.41, 5.74) is -2.50. The van der Waals surface area contributed by atoms with E-state index in [4.69, 9.17) is 5.11 Å². The Labute approximate surface area is 75.8 Å². The van der Waals surface area contributed by atoms with Crippen molar-refractivity contribution in [2.45, 2.75) is 6.18 Å². The van der Waals surface area contributed by atoms with Gasteiger partial charge in [0, 0.05) is 12.1 Å². The first kappa shape index (κ1) is 10.3. The zero-order chi connectivity index (χ0) is 10.9. The standard InChI is InChI=1S/C7H4F3NO3/c8-7(9,10)5-3-1-2-4(6(12)13)11(5)14/h1-3H,(H,12,13). The van der Waals surface area contributed by atoms with Crippen LogP contribution in [0.2, 0.25) is 0 Å². The van der Waals surface area contributed by atoms with Crippen LogP contribution in [0.25, 0.3) is 0 Å². The molecule has 0 spiro atoms. The maximum atomic E-state index is 12.1. The van der Waals surface area contributed by atoms with E-state index in [9.17, 15) is 23.2 Å². The number of nitrogens with zero attached hydrogens (tertiary/aromatic N) is 1. The lowest BCUT2D eigenvalue weighted by Crippen LogP contribution is -2.42. The molecule has 1 aromatic rings. The van der Waals surface area contributed by atoms with Gasteiger partial charge in [0.05, 0.1) is 0 Å². The van der Waals surface area contributed by atoms with Gasteiger partial charge in [0.2, 0.25) is 0 Å². The van der Waals surface area contributed by atoms with Gasteiger partial charge in [-0.1, -0.05) is 0 Å². The van der Waals surface area contributed by atoms with Crippen LogP contribution in [0.1, 0.15) is 16.2 Å². The first-order valence-electron chi connectivity index (χ1n) is 3.37. The van der Waals surface area contributed by atoms with Crippen molar-refractivity contribution in [1.29, 1.82) is 0 Å². The number of rotatable bonds is 1. The van der Waals surface area contributed by atoms with Crippen LogP contribution in [0, 0.1) is 5.21 Å². The highest BCUT2D eigenvalue weighted by atomic mass is 19.4. The van der Waals surface area contributed by atoms with Crippen molar-refractivity contribution in [3.05, 3.63) is 34.8 Å². The Kier molecular flexibility index (Phi) is 2.33. The van der Waals surface area contributed by atoms with E-state index in [0.717, 1.165) is 12.1 Å². The second-order valence-corrected chi connectivity index (χ2v) is 2.39. The zero-order valence-corrected chi connectivity index (χ0v) is 6.58. The molecule has 1 N–H and O–H groups in total. The Morgan fingerprint density at radius 1 is 1.43 bits per heavy atom. The molecule has 0 bridgehead atoms. The summed E-state index contributed by atoms with van der Waals surface area (Å²) in [5.74, 6) is -1.70. The molecule has 0 atom stereocenters. The molecule has 14 heavy (non-hydrogen) atoms. The average Bonchev–Trinajstić information content (AvgIpc) is 2.01. The van der Waals surface area contributed by atoms with Crippen molar-refractivity contribution in [2.24, 2.45) is 0 Å². The van der Waals surface area contributed by atoms with Crippen LogP contribution in [0.3, 0.4) is 0 Å². The van der Waals surface area contributed by atoms with Gasteiger partial charge >= 0.3 is 17.8 Å². The van der Waals surface area contributed by atoms with Crippen molar-refractivity contribution in [2.75, 3.05) is 0 Å². The molecule has 0 aliphatic heterocycles. The van der Waals surface area contributed by atoms with Gasteiger partial charge < -0.3 is 10.3 Å². The van der Waals surface area contributed by atoms with Crippen LogP contribution in [0.15, 0.2) is 18.2 Å². The number of hydrogen-bond acceptors (Lipinski definition) is 2. The molecule has 0 aliphatic carbocycles. The monoisotopic (exact) mass is 207 g/mol. The largest absolute Gasteiger partial charge is 0.618 e. The first-order valence-corrected chi connectivity index (χ1v) is 3.37. The van der Waals surface area contributed by atoms with Crippen molar-refractivity contribution in [3.8, 4) is 0 Å². The van der Waals surface area contributed by atoms with E-state index in [2.05, 4.69) is 0 Å². The Hall–Kier alpha value is -1.79. The second kappa shape index (κ2) is 3.17. The fraction of sp³-hybridized carbons (Fsp3) is 0.143. The van der Waals surface area contributed by atoms with E-state index in [1.165, 1.54) is 0 Å². The van der Waals surface area contributed by atoms with Crippen LogP contribution in [-0.2, 0) is 6.18 Å². The van der Waals surface area contributed by atoms with E-state index in [0.29, 0.717) is 6.07 Å². The molecular formula is C7H4F3NO3. The number of carbonyl (C=O) groups is 1. The van der Waals surface area contributed by atoms with Crippen LogP contribution >= 0.6 is 0 Å². The predicted octanol–water partition coefficient (Wildman–Crippen LogP) is 1.04. The van der Waals surface area contributed by atoms with E-state index in [1.807, 2.05) is 0 Å². The maximum Gasteiger partial charge on any atom is 0.478 e. The van der Waals surface area contributed by atoms with Crippen molar-refractivity contribution in [3.63, 3.8) is 0 Å². The fourth-order valence-electron chi connectivity index (χ4n) is 0.863. The smallest absolute Gasteiger partial charge is 0.478 e. The van der Waals surface area contributed by atoms with Gasteiger partial charge in [0.25, 0.3) is 5.69 Å². The lowest BCUT2D eigenvalue weighted by Gasteiger charge is -2.08. The molecular weight excluding hydrogens is 203 g/mol. The van der Waals surface area contributed by atoms with Crippen LogP contribution < -0.4 is 4.73 Å². The molecule has 1 heterocycles. The number of aromatic nitrogens is 1. The number of aromatic carboxylic acids is 1. The molecule has 4 nitrogen and oxygen atoms in total. The summed E-state index contributed by atoms with van der Waals surface area (Å²) in [4.78, 5) is 10.3. The third-order valence-electron chi connectivity index (χ3n) is 1.46. The molecule has 0 saturated heterocycles. The molecule has 0 amide bonds. The van der Waals surface area contributed by atoms with Crippen molar-refractivity contribution >= 4 is 5.97 Å². The predicted molar refractivity (Wildman–Crippen MR) is 37.4 cm³/mol. The van der Waals surface area contributed by atoms with Crippen LogP contribution in [0.4, 0.5) is 13.2 Å². The Morgan fingerprint density at radius 3 is 2.43 bits per heavy atom. The van der Waals surface area contributed by atoms with Gasteiger partial charge in [-0.3, -0.25) is 0 Å². The van der Waals surface area contributed by atoms with Crippen molar-refractivity contribution < 1.29 is 27.8 Å². The molecule has 76 valence electrons. The Bertz CT molecular complexity index is 375. The summed E-state index contributed by atoms with van der Waals surface area (Å²) in [7, 11) is 0. The molecule has 0 radical (unpaired) electrons. The number of hydrogen-bond donors (Lipinski definition) is 1. The zero-order valence-electron chi connectivity index (χ0n) is 6.58. The van der Waals surface area contributed by atoms with Crippen molar-refractivity contribution in [1.82, 2.24) is 0 Å². The summed E-state index contributed by atoms with van der Waals surface area (Å²) < 4.78 is 35.6. The molecule has 0 fully saturated rings. The van der Waals surface area contributed by atoms with Gasteiger partial charge in [0.15, 0.2) is 0 Å². The number of pyridine rings is 1. The highest BCUT2D eigenvalue weighted by Gasteiger charge is 2.41. The Morgan fingerprint density at radius 2 is 2.00 bits per heavy atom. The maximum absolute atomic E-state index is 12.1. The minimum Gasteiger partial charge on any atom is -0.618 e. The average molecular weight is 207 g/mol. The second-order valence-electron chi connectivity index (χ2n) is 2.39. The fourth-order valence-corrected chi connectivity index (χ4v) is 0.863. The van der Waals surface area contributed by atoms with E-state index in [1.54, 1.807) is 0 Å². The lowest BCUT2D eigenvalue weighted by molar-refractivity contribution is -0.631. The quantitative estimate of drug-likeness (QED) is 0.552. The number of carboxylic acids is 1. The number of carboxylic acid groups (broad SMARTS) is 1. The normalized spacial score (nSPS) is 11.4. The molecule has 0 saturated carbocycles. The van der Waals surface area contributed by atoms with Gasteiger partial charge in [0.1, 0.15) is 0 Å². The SMILES string of the molecule is O=C(O)c1cccc(C(F)(F)F)[n+]1[O-]. The van der Waals surface area contributed by atoms with Gasteiger partial charge in [-0.15, -0.1) is 0 Å². The summed E-state index contributed by atoms with van der Waals surface area (Å²) in [5, 5.41) is 19.2. The summed E-state index contributed by atoms with van der Waals surface area (Å²) >= 11 is 0. The van der Waals surface area contributed by atoms with E-state index in [-0.39, 0.29) is 0 Å². The van der Waals surface area contributed by atoms with Crippen LogP contribution in [0.5, 0.6) is 0 Å². The first-order chi connectivity index (χ1) is 6.34. The highest BCUT2D eigenvalue weighted by molar-refractivity contribution is 5.83. The molecule has 1 rings (SSSR count). The molecule has 0 unspecified atom stereocenters. The summed E-state index contributed by atoms with van der Waals surface area (Å²) in [6.07, 6.45) is -4.85. The third kappa shape index (κ3) is 1.76. The third-order valence-corrected chi connectivity index (χ3v) is 1.46. The van der Waals surface area contributed by atoms with Crippen LogP contribution in [-0.4, -0.2) is 11.1 Å². The Balaban J connectivity index is 3.35. The minimum atomic E-state index is -4.85. The summed E-state index contributed by atoms with van der Waals surface area (Å²) in [6.45, 7) is 0. The van der Waals surface area contributed by atoms with Gasteiger partial charge in [-0.05, 0) is 6.07 Å². The number of halogens is 3. The molecule has 0 aliphatic rings. The van der Waals surface area contributed by atoms with Gasteiger partial charge in [-0.2, -0.15) is 17.9 Å². The molecule has 0 aromatic carbocycles. The lowest BCUT2D eigenvalue weighted by atomic mass is 10.3.